The van der Waals surface area contributed by atoms with E-state index in [4.69, 9.17) is 23.2 Å². The summed E-state index contributed by atoms with van der Waals surface area (Å²) in [4.78, 5) is 11.9. The zero-order chi connectivity index (χ0) is 13.8. The zero-order valence-electron chi connectivity index (χ0n) is 10.00. The molecule has 4 heteroatoms. The van der Waals surface area contributed by atoms with Crippen molar-refractivity contribution >= 4 is 29.0 Å². The maximum Gasteiger partial charge on any atom is 0.142 e. The van der Waals surface area contributed by atoms with Crippen molar-refractivity contribution in [2.24, 2.45) is 0 Å². The summed E-state index contributed by atoms with van der Waals surface area (Å²) in [7, 11) is 0. The summed E-state index contributed by atoms with van der Waals surface area (Å²) in [5, 5.41) is 0.661. The fourth-order valence-corrected chi connectivity index (χ4v) is 2.14. The first kappa shape index (κ1) is 14.0. The fraction of sp³-hybridized carbons (Fsp3) is 0.133. The predicted octanol–water partition coefficient (Wildman–Crippen LogP) is 4.49. The van der Waals surface area contributed by atoms with E-state index in [1.165, 1.54) is 12.1 Å². The van der Waals surface area contributed by atoms with Crippen molar-refractivity contribution < 1.29 is 9.18 Å². The molecular weight excluding hydrogens is 286 g/mol. The van der Waals surface area contributed by atoms with Gasteiger partial charge in [0, 0.05) is 17.9 Å². The van der Waals surface area contributed by atoms with E-state index >= 15 is 0 Å². The van der Waals surface area contributed by atoms with E-state index in [1.54, 1.807) is 24.3 Å². The maximum atomic E-state index is 13.2. The van der Waals surface area contributed by atoms with Crippen LogP contribution in [0.3, 0.4) is 0 Å². The first-order valence-electron chi connectivity index (χ1n) is 5.74. The molecule has 0 saturated carbocycles. The number of benzene rings is 2. The van der Waals surface area contributed by atoms with E-state index in [2.05, 4.69) is 0 Å². The Morgan fingerprint density at radius 2 is 1.68 bits per heavy atom. The summed E-state index contributed by atoms with van der Waals surface area (Å²) in [5.41, 5.74) is 1.47. The predicted molar refractivity (Wildman–Crippen MR) is 75.3 cm³/mol. The molecule has 0 aliphatic carbocycles. The van der Waals surface area contributed by atoms with Crippen molar-refractivity contribution in [1.29, 1.82) is 0 Å². The largest absolute Gasteiger partial charge is 0.299 e. The van der Waals surface area contributed by atoms with E-state index in [0.29, 0.717) is 10.6 Å². The number of hydrogen-bond donors (Lipinski definition) is 0. The van der Waals surface area contributed by atoms with Gasteiger partial charge in [0.25, 0.3) is 0 Å². The summed E-state index contributed by atoms with van der Waals surface area (Å²) in [5.74, 6) is -0.501. The SMILES string of the molecule is O=C(Cc1cccc(Cl)c1)Cc1ccc(Cl)c(F)c1. The van der Waals surface area contributed by atoms with Crippen LogP contribution in [0.15, 0.2) is 42.5 Å². The van der Waals surface area contributed by atoms with Crippen LogP contribution in [-0.2, 0) is 17.6 Å². The molecule has 0 spiro atoms. The first-order chi connectivity index (χ1) is 9.04. The van der Waals surface area contributed by atoms with Crippen molar-refractivity contribution in [3.8, 4) is 0 Å². The van der Waals surface area contributed by atoms with Crippen LogP contribution in [0.4, 0.5) is 4.39 Å². The smallest absolute Gasteiger partial charge is 0.142 e. The van der Waals surface area contributed by atoms with Gasteiger partial charge in [-0.1, -0.05) is 41.4 Å². The van der Waals surface area contributed by atoms with E-state index in [0.717, 1.165) is 5.56 Å². The Kier molecular flexibility index (Phi) is 4.56. The molecule has 0 aromatic heterocycles. The van der Waals surface area contributed by atoms with Gasteiger partial charge in [-0.3, -0.25) is 4.79 Å². The molecule has 0 heterocycles. The second kappa shape index (κ2) is 6.18. The number of ketones is 1. The van der Waals surface area contributed by atoms with E-state index in [1.807, 2.05) is 6.07 Å². The van der Waals surface area contributed by atoms with Gasteiger partial charge < -0.3 is 0 Å². The highest BCUT2D eigenvalue weighted by atomic mass is 35.5. The van der Waals surface area contributed by atoms with Gasteiger partial charge in [0.1, 0.15) is 11.6 Å². The highest BCUT2D eigenvalue weighted by Crippen LogP contribution is 2.17. The average Bonchev–Trinajstić information content (AvgIpc) is 2.34. The van der Waals surface area contributed by atoms with Crippen LogP contribution in [0, 0.1) is 5.82 Å². The molecule has 0 aliphatic heterocycles. The third-order valence-electron chi connectivity index (χ3n) is 2.68. The van der Waals surface area contributed by atoms with Crippen LogP contribution in [0.2, 0.25) is 10.0 Å². The molecule has 2 aromatic rings. The molecule has 0 unspecified atom stereocenters. The van der Waals surface area contributed by atoms with Crippen LogP contribution >= 0.6 is 23.2 Å². The quantitative estimate of drug-likeness (QED) is 0.812. The van der Waals surface area contributed by atoms with E-state index in [9.17, 15) is 9.18 Å². The summed E-state index contributed by atoms with van der Waals surface area (Å²) < 4.78 is 13.2. The summed E-state index contributed by atoms with van der Waals surface area (Å²) in [6.45, 7) is 0. The molecule has 19 heavy (non-hydrogen) atoms. The van der Waals surface area contributed by atoms with E-state index < -0.39 is 5.82 Å². The fourth-order valence-electron chi connectivity index (χ4n) is 1.81. The molecule has 0 radical (unpaired) electrons. The molecule has 0 amide bonds. The third kappa shape index (κ3) is 4.05. The Morgan fingerprint density at radius 1 is 1.00 bits per heavy atom. The van der Waals surface area contributed by atoms with Crippen molar-refractivity contribution in [2.75, 3.05) is 0 Å². The minimum atomic E-state index is -0.505. The van der Waals surface area contributed by atoms with Crippen LogP contribution in [-0.4, -0.2) is 5.78 Å². The second-order valence-corrected chi connectivity index (χ2v) is 5.11. The Morgan fingerprint density at radius 3 is 2.32 bits per heavy atom. The topological polar surface area (TPSA) is 17.1 Å². The average molecular weight is 297 g/mol. The first-order valence-corrected chi connectivity index (χ1v) is 6.50. The standard InChI is InChI=1S/C15H11Cl2FO/c16-12-3-1-2-10(6-12)7-13(19)8-11-4-5-14(17)15(18)9-11/h1-6,9H,7-8H2. The van der Waals surface area contributed by atoms with Crippen molar-refractivity contribution in [2.45, 2.75) is 12.8 Å². The van der Waals surface area contributed by atoms with Crippen molar-refractivity contribution in [3.63, 3.8) is 0 Å². The normalized spacial score (nSPS) is 10.5. The number of carbonyl (C=O) groups excluding carboxylic acids is 1. The Bertz CT molecular complexity index is 611. The maximum absolute atomic E-state index is 13.2. The third-order valence-corrected chi connectivity index (χ3v) is 3.22. The summed E-state index contributed by atoms with van der Waals surface area (Å²) in [6.07, 6.45) is 0.464. The molecule has 98 valence electrons. The molecule has 0 fully saturated rings. The number of carbonyl (C=O) groups is 1. The molecule has 0 bridgehead atoms. The van der Waals surface area contributed by atoms with Gasteiger partial charge >= 0.3 is 0 Å². The zero-order valence-corrected chi connectivity index (χ0v) is 11.5. The number of rotatable bonds is 4. The minimum absolute atomic E-state index is 0.00369. The highest BCUT2D eigenvalue weighted by molar-refractivity contribution is 6.31. The lowest BCUT2D eigenvalue weighted by Gasteiger charge is -2.03. The molecular formula is C15H11Cl2FO. The van der Waals surface area contributed by atoms with Gasteiger partial charge in [-0.05, 0) is 35.4 Å². The summed E-state index contributed by atoms with van der Waals surface area (Å²) >= 11 is 11.4. The lowest BCUT2D eigenvalue weighted by atomic mass is 10.0. The van der Waals surface area contributed by atoms with Gasteiger partial charge in [-0.15, -0.1) is 0 Å². The van der Waals surface area contributed by atoms with Crippen molar-refractivity contribution in [3.05, 3.63) is 69.5 Å². The van der Waals surface area contributed by atoms with Crippen LogP contribution in [0.5, 0.6) is 0 Å². The van der Waals surface area contributed by atoms with Crippen LogP contribution < -0.4 is 0 Å². The van der Waals surface area contributed by atoms with Gasteiger partial charge in [-0.25, -0.2) is 4.39 Å². The van der Waals surface area contributed by atoms with Gasteiger partial charge in [-0.2, -0.15) is 0 Å². The van der Waals surface area contributed by atoms with E-state index in [-0.39, 0.29) is 23.6 Å². The molecule has 0 aliphatic rings. The number of hydrogen-bond acceptors (Lipinski definition) is 1. The molecule has 0 saturated heterocycles. The molecule has 1 nitrogen and oxygen atoms in total. The summed E-state index contributed by atoms with van der Waals surface area (Å²) in [6, 6.07) is 11.5. The number of halogens is 3. The molecule has 0 atom stereocenters. The van der Waals surface area contributed by atoms with Crippen LogP contribution in [0.1, 0.15) is 11.1 Å². The Labute approximate surface area is 121 Å². The van der Waals surface area contributed by atoms with Gasteiger partial charge in [0.2, 0.25) is 0 Å². The van der Waals surface area contributed by atoms with Gasteiger partial charge in [0.05, 0.1) is 5.02 Å². The second-order valence-electron chi connectivity index (χ2n) is 4.27. The van der Waals surface area contributed by atoms with Crippen molar-refractivity contribution in [1.82, 2.24) is 0 Å². The molecule has 0 N–H and O–H groups in total. The Hall–Kier alpha value is -1.38. The lowest BCUT2D eigenvalue weighted by Crippen LogP contribution is -2.06. The minimum Gasteiger partial charge on any atom is -0.299 e. The highest BCUT2D eigenvalue weighted by Gasteiger charge is 2.08. The Balaban J connectivity index is 2.03. The number of Topliss-reactive ketones (excluding diaryl/α,β-unsaturated/α-hetero) is 1. The monoisotopic (exact) mass is 296 g/mol. The molecule has 2 rings (SSSR count). The van der Waals surface area contributed by atoms with Gasteiger partial charge in [0.15, 0.2) is 0 Å². The molecule has 2 aromatic carbocycles. The lowest BCUT2D eigenvalue weighted by molar-refractivity contribution is -0.117. The van der Waals surface area contributed by atoms with Crippen LogP contribution in [0.25, 0.3) is 0 Å².